The Hall–Kier alpha value is -3.51. The van der Waals surface area contributed by atoms with Crippen LogP contribution in [0.2, 0.25) is 0 Å². The van der Waals surface area contributed by atoms with Gasteiger partial charge in [0.25, 0.3) is 5.91 Å². The lowest BCUT2D eigenvalue weighted by Gasteiger charge is -2.57. The van der Waals surface area contributed by atoms with Crippen LogP contribution in [0.1, 0.15) is 61.7 Å². The quantitative estimate of drug-likeness (QED) is 0.347. The molecule has 228 valence electrons. The number of aromatic nitrogens is 1. The van der Waals surface area contributed by atoms with Crippen LogP contribution >= 0.6 is 0 Å². The molecule has 4 saturated carbocycles. The van der Waals surface area contributed by atoms with Gasteiger partial charge in [-0.15, -0.1) is 0 Å². The molecule has 2 aromatic carbocycles. The van der Waals surface area contributed by atoms with Crippen molar-refractivity contribution < 1.29 is 9.59 Å². The second kappa shape index (κ2) is 11.4. The van der Waals surface area contributed by atoms with Gasteiger partial charge in [0.2, 0.25) is 5.91 Å². The Bertz CT molecular complexity index is 1410. The predicted molar refractivity (Wildman–Crippen MR) is 173 cm³/mol. The first-order chi connectivity index (χ1) is 21.5. The van der Waals surface area contributed by atoms with Crippen LogP contribution in [0.5, 0.6) is 0 Å². The van der Waals surface area contributed by atoms with Crippen LogP contribution in [0, 0.1) is 23.2 Å². The monoisotopic (exact) mass is 588 g/mol. The van der Waals surface area contributed by atoms with Crippen LogP contribution in [-0.2, 0) is 4.79 Å². The van der Waals surface area contributed by atoms with Gasteiger partial charge in [-0.05, 0) is 81.3 Å². The predicted octanol–water partition coefficient (Wildman–Crippen LogP) is 6.38. The number of hydrogen-bond acceptors (Lipinski definition) is 4. The molecule has 0 atom stereocenters. The van der Waals surface area contributed by atoms with Gasteiger partial charge in [0.1, 0.15) is 0 Å². The number of carbonyl (C=O) groups is 2. The number of nitrogens with zero attached hydrogens (tertiary/aromatic N) is 4. The van der Waals surface area contributed by atoms with Crippen molar-refractivity contribution in [3.8, 4) is 22.5 Å². The molecule has 44 heavy (non-hydrogen) atoms. The van der Waals surface area contributed by atoms with Gasteiger partial charge in [-0.3, -0.25) is 14.5 Å². The molecule has 2 aliphatic heterocycles. The third-order valence-electron chi connectivity index (χ3n) is 11.6. The Kier molecular flexibility index (Phi) is 7.28. The molecule has 9 rings (SSSR count). The molecule has 6 fully saturated rings. The second-order valence-corrected chi connectivity index (χ2v) is 14.4. The Labute approximate surface area is 261 Å². The Morgan fingerprint density at radius 1 is 0.636 bits per heavy atom. The summed E-state index contributed by atoms with van der Waals surface area (Å²) in [6, 6.07) is 24.6. The average Bonchev–Trinajstić information content (AvgIpc) is 3.08. The zero-order valence-corrected chi connectivity index (χ0v) is 25.7. The number of amides is 2. The second-order valence-electron chi connectivity index (χ2n) is 14.4. The molecule has 0 N–H and O–H groups in total. The van der Waals surface area contributed by atoms with E-state index in [-0.39, 0.29) is 11.3 Å². The van der Waals surface area contributed by atoms with Crippen molar-refractivity contribution in [2.24, 2.45) is 23.2 Å². The van der Waals surface area contributed by atoms with Crippen molar-refractivity contribution in [2.45, 2.75) is 57.4 Å². The molecule has 3 aromatic rings. The minimum atomic E-state index is -0.0265. The number of rotatable bonds is 5. The van der Waals surface area contributed by atoms with Crippen molar-refractivity contribution in [1.29, 1.82) is 0 Å². The Balaban J connectivity index is 0.904. The van der Waals surface area contributed by atoms with E-state index in [1.807, 2.05) is 77.7 Å². The molecule has 6 nitrogen and oxygen atoms in total. The van der Waals surface area contributed by atoms with Gasteiger partial charge in [-0.1, -0.05) is 60.7 Å². The summed E-state index contributed by atoms with van der Waals surface area (Å²) in [4.78, 5) is 39.5. The molecule has 3 heterocycles. The average molecular weight is 589 g/mol. The summed E-state index contributed by atoms with van der Waals surface area (Å²) in [5, 5.41) is 0. The van der Waals surface area contributed by atoms with Gasteiger partial charge < -0.3 is 9.80 Å². The lowest BCUT2D eigenvalue weighted by atomic mass is 9.49. The first-order valence-electron chi connectivity index (χ1n) is 17.0. The molecule has 0 spiro atoms. The van der Waals surface area contributed by atoms with Crippen LogP contribution in [0.15, 0.2) is 72.8 Å². The van der Waals surface area contributed by atoms with Gasteiger partial charge in [-0.2, -0.15) is 0 Å². The molecule has 1 aromatic heterocycles. The standard InChI is InChI=1S/C38H44N4O2/c43-36(32-22-34(30-7-3-1-4-8-30)39-35(23-32)31-9-5-2-6-10-31)41-17-15-40(16-18-41)33-11-13-42(14-12-33)37(44)38-24-27-19-28(25-38)21-29(20-27)26-38/h1-10,22-23,27-29,33H,11-21,24-26H2. The lowest BCUT2D eigenvalue weighted by Crippen LogP contribution is -2.58. The van der Waals surface area contributed by atoms with E-state index in [1.165, 1.54) is 19.3 Å². The summed E-state index contributed by atoms with van der Waals surface area (Å²) < 4.78 is 0. The number of piperidine rings is 1. The molecule has 0 unspecified atom stereocenters. The highest BCUT2D eigenvalue weighted by Crippen LogP contribution is 2.60. The smallest absolute Gasteiger partial charge is 0.254 e. The van der Waals surface area contributed by atoms with Crippen LogP contribution < -0.4 is 0 Å². The number of pyridine rings is 1. The van der Waals surface area contributed by atoms with Gasteiger partial charge in [0.05, 0.1) is 16.8 Å². The van der Waals surface area contributed by atoms with Gasteiger partial charge in [-0.25, -0.2) is 4.98 Å². The fourth-order valence-corrected chi connectivity index (χ4v) is 9.78. The molecule has 6 heteroatoms. The molecular weight excluding hydrogens is 544 g/mol. The zero-order valence-electron chi connectivity index (χ0n) is 25.7. The first-order valence-corrected chi connectivity index (χ1v) is 17.0. The summed E-state index contributed by atoms with van der Waals surface area (Å²) in [6.45, 7) is 5.03. The van der Waals surface area contributed by atoms with Crippen molar-refractivity contribution in [3.63, 3.8) is 0 Å². The van der Waals surface area contributed by atoms with Gasteiger partial charge >= 0.3 is 0 Å². The highest BCUT2D eigenvalue weighted by atomic mass is 16.2. The first kappa shape index (κ1) is 28.0. The molecule has 6 aliphatic rings. The van der Waals surface area contributed by atoms with E-state index in [2.05, 4.69) is 9.80 Å². The van der Waals surface area contributed by atoms with Crippen molar-refractivity contribution in [3.05, 3.63) is 78.4 Å². The minimum Gasteiger partial charge on any atom is -0.342 e. The van der Waals surface area contributed by atoms with Crippen molar-refractivity contribution in [1.82, 2.24) is 19.7 Å². The number of benzene rings is 2. The summed E-state index contributed by atoms with van der Waals surface area (Å²) >= 11 is 0. The highest BCUT2D eigenvalue weighted by Gasteiger charge is 2.55. The maximum absolute atomic E-state index is 13.9. The third kappa shape index (κ3) is 5.25. The largest absolute Gasteiger partial charge is 0.342 e. The van der Waals surface area contributed by atoms with Crippen LogP contribution in [0.4, 0.5) is 0 Å². The van der Waals surface area contributed by atoms with Crippen LogP contribution in [-0.4, -0.2) is 76.8 Å². The fraction of sp³-hybridized carbons (Fsp3) is 0.500. The zero-order chi connectivity index (χ0) is 29.7. The normalized spacial score (nSPS) is 28.8. The molecule has 4 bridgehead atoms. The van der Waals surface area contributed by atoms with Gasteiger partial charge in [0.15, 0.2) is 0 Å². The Morgan fingerprint density at radius 3 is 1.64 bits per heavy atom. The summed E-state index contributed by atoms with van der Waals surface area (Å²) in [5.74, 6) is 3.00. The number of piperazine rings is 1. The van der Waals surface area contributed by atoms with E-state index < -0.39 is 0 Å². The van der Waals surface area contributed by atoms with E-state index >= 15 is 0 Å². The number of hydrogen-bond donors (Lipinski definition) is 0. The summed E-state index contributed by atoms with van der Waals surface area (Å²) in [5.41, 5.74) is 4.34. The van der Waals surface area contributed by atoms with Crippen LogP contribution in [0.3, 0.4) is 0 Å². The highest BCUT2D eigenvalue weighted by molar-refractivity contribution is 5.96. The minimum absolute atomic E-state index is 0.0265. The Morgan fingerprint density at radius 2 is 1.14 bits per heavy atom. The van der Waals surface area contributed by atoms with E-state index in [4.69, 9.17) is 4.98 Å². The van der Waals surface area contributed by atoms with E-state index in [9.17, 15) is 9.59 Å². The maximum atomic E-state index is 13.9. The topological polar surface area (TPSA) is 56.8 Å². The van der Waals surface area contributed by atoms with Gasteiger partial charge in [0, 0.05) is 62.0 Å². The fourth-order valence-electron chi connectivity index (χ4n) is 9.78. The van der Waals surface area contributed by atoms with E-state index in [0.717, 1.165) is 112 Å². The molecule has 2 amide bonds. The molecule has 2 saturated heterocycles. The molecule has 4 aliphatic carbocycles. The molecular formula is C38H44N4O2. The maximum Gasteiger partial charge on any atom is 0.254 e. The van der Waals surface area contributed by atoms with Crippen molar-refractivity contribution >= 4 is 11.8 Å². The summed E-state index contributed by atoms with van der Waals surface area (Å²) in [6.07, 6.45) is 9.72. The van der Waals surface area contributed by atoms with Crippen molar-refractivity contribution in [2.75, 3.05) is 39.3 Å². The van der Waals surface area contributed by atoms with E-state index in [1.54, 1.807) is 0 Å². The number of likely N-dealkylation sites (tertiary alicyclic amines) is 1. The third-order valence-corrected chi connectivity index (χ3v) is 11.6. The number of carbonyl (C=O) groups excluding carboxylic acids is 2. The van der Waals surface area contributed by atoms with E-state index in [0.29, 0.717) is 17.5 Å². The van der Waals surface area contributed by atoms with Crippen LogP contribution in [0.25, 0.3) is 22.5 Å². The SMILES string of the molecule is O=C(c1cc(-c2ccccc2)nc(-c2ccccc2)c1)N1CCN(C2CCN(C(=O)C34CC5CC(CC(C5)C3)C4)CC2)CC1. The molecule has 0 radical (unpaired) electrons. The summed E-state index contributed by atoms with van der Waals surface area (Å²) in [7, 11) is 0. The lowest BCUT2D eigenvalue weighted by molar-refractivity contribution is -0.159.